The summed E-state index contributed by atoms with van der Waals surface area (Å²) in [7, 11) is -0.669. The molecule has 0 bridgehead atoms. The molecule has 1 N–H and O–H groups in total. The third-order valence-corrected chi connectivity index (χ3v) is 5.45. The van der Waals surface area contributed by atoms with Crippen molar-refractivity contribution in [1.82, 2.24) is 0 Å². The summed E-state index contributed by atoms with van der Waals surface area (Å²) >= 11 is 0. The maximum Gasteiger partial charge on any atom is 0.248 e. The Morgan fingerprint density at radius 3 is 2.25 bits per heavy atom. The SMILES string of the molecule is CC[C@@H](C(=O)Nc1cc(C)ccc1OC)N(c1ccc(OC)cc1)S(C)(=O)=O. The van der Waals surface area contributed by atoms with Gasteiger partial charge in [-0.2, -0.15) is 0 Å². The number of carbonyl (C=O) groups is 1. The van der Waals surface area contributed by atoms with E-state index >= 15 is 0 Å². The Morgan fingerprint density at radius 1 is 1.11 bits per heavy atom. The minimum Gasteiger partial charge on any atom is -0.497 e. The molecular formula is C20H26N2O5S. The van der Waals surface area contributed by atoms with Crippen LogP contribution in [-0.2, 0) is 14.8 Å². The highest BCUT2D eigenvalue weighted by Gasteiger charge is 2.32. The van der Waals surface area contributed by atoms with Crippen LogP contribution >= 0.6 is 0 Å². The van der Waals surface area contributed by atoms with Crippen LogP contribution in [0.1, 0.15) is 18.9 Å². The Bertz CT molecular complexity index is 926. The number of amides is 1. The van der Waals surface area contributed by atoms with Crippen molar-refractivity contribution in [2.75, 3.05) is 30.1 Å². The van der Waals surface area contributed by atoms with Crippen LogP contribution in [0.2, 0.25) is 0 Å². The zero-order valence-electron chi connectivity index (χ0n) is 16.7. The van der Waals surface area contributed by atoms with Gasteiger partial charge < -0.3 is 14.8 Å². The largest absolute Gasteiger partial charge is 0.497 e. The Kier molecular flexibility index (Phi) is 6.90. The Labute approximate surface area is 166 Å². The maximum absolute atomic E-state index is 13.0. The van der Waals surface area contributed by atoms with Gasteiger partial charge in [-0.25, -0.2) is 8.42 Å². The van der Waals surface area contributed by atoms with Gasteiger partial charge in [0.25, 0.3) is 0 Å². The van der Waals surface area contributed by atoms with Crippen LogP contribution < -0.4 is 19.1 Å². The molecule has 0 saturated carbocycles. The number of carbonyl (C=O) groups excluding carboxylic acids is 1. The van der Waals surface area contributed by atoms with Gasteiger partial charge in [-0.05, 0) is 55.3 Å². The molecule has 2 aromatic carbocycles. The van der Waals surface area contributed by atoms with Gasteiger partial charge in [-0.3, -0.25) is 9.10 Å². The van der Waals surface area contributed by atoms with Gasteiger partial charge in [0.05, 0.1) is 31.9 Å². The molecule has 2 aromatic rings. The Balaban J connectivity index is 2.40. The fourth-order valence-electron chi connectivity index (χ4n) is 2.92. The lowest BCUT2D eigenvalue weighted by atomic mass is 10.1. The van der Waals surface area contributed by atoms with Crippen LogP contribution in [-0.4, -0.2) is 40.8 Å². The second-order valence-electron chi connectivity index (χ2n) is 6.37. The normalized spacial score (nSPS) is 12.2. The molecule has 1 atom stereocenters. The minimum atomic E-state index is -3.71. The van der Waals surface area contributed by atoms with Crippen molar-refractivity contribution in [1.29, 1.82) is 0 Å². The average molecular weight is 407 g/mol. The van der Waals surface area contributed by atoms with Crippen molar-refractivity contribution in [3.63, 3.8) is 0 Å². The molecule has 0 aliphatic heterocycles. The number of nitrogens with zero attached hydrogens (tertiary/aromatic N) is 1. The summed E-state index contributed by atoms with van der Waals surface area (Å²) in [4.78, 5) is 13.0. The van der Waals surface area contributed by atoms with E-state index in [0.717, 1.165) is 16.1 Å². The van der Waals surface area contributed by atoms with Crippen molar-refractivity contribution >= 4 is 27.3 Å². The fraction of sp³-hybridized carbons (Fsp3) is 0.350. The minimum absolute atomic E-state index is 0.291. The monoisotopic (exact) mass is 406 g/mol. The predicted octanol–water partition coefficient (Wildman–Crippen LogP) is 3.20. The van der Waals surface area contributed by atoms with E-state index < -0.39 is 22.0 Å². The van der Waals surface area contributed by atoms with Gasteiger partial charge in [0.15, 0.2) is 0 Å². The number of hydrogen-bond acceptors (Lipinski definition) is 5. The fourth-order valence-corrected chi connectivity index (χ4v) is 4.14. The number of anilines is 2. The summed E-state index contributed by atoms with van der Waals surface area (Å²) < 4.78 is 36.6. The van der Waals surface area contributed by atoms with Crippen LogP contribution in [0.25, 0.3) is 0 Å². The molecule has 0 aromatic heterocycles. The predicted molar refractivity (Wildman–Crippen MR) is 111 cm³/mol. The molecule has 0 aliphatic rings. The summed E-state index contributed by atoms with van der Waals surface area (Å²) in [6.45, 7) is 3.66. The number of sulfonamides is 1. The van der Waals surface area contributed by atoms with Crippen molar-refractivity contribution in [3.8, 4) is 11.5 Å². The number of aryl methyl sites for hydroxylation is 1. The van der Waals surface area contributed by atoms with Gasteiger partial charge in [-0.1, -0.05) is 13.0 Å². The molecule has 0 saturated heterocycles. The van der Waals surface area contributed by atoms with Crippen LogP contribution in [0.4, 0.5) is 11.4 Å². The van der Waals surface area contributed by atoms with E-state index in [4.69, 9.17) is 9.47 Å². The summed E-state index contributed by atoms with van der Waals surface area (Å²) in [6, 6.07) is 11.0. The van der Waals surface area contributed by atoms with Gasteiger partial charge in [0.2, 0.25) is 15.9 Å². The topological polar surface area (TPSA) is 84.9 Å². The van der Waals surface area contributed by atoms with Crippen LogP contribution in [0, 0.1) is 6.92 Å². The van der Waals surface area contributed by atoms with E-state index in [2.05, 4.69) is 5.32 Å². The van der Waals surface area contributed by atoms with Crippen molar-refractivity contribution < 1.29 is 22.7 Å². The highest BCUT2D eigenvalue weighted by Crippen LogP contribution is 2.28. The number of rotatable bonds is 8. The molecule has 1 amide bonds. The van der Waals surface area contributed by atoms with E-state index in [9.17, 15) is 13.2 Å². The molecule has 0 unspecified atom stereocenters. The van der Waals surface area contributed by atoms with Crippen LogP contribution in [0.5, 0.6) is 11.5 Å². The average Bonchev–Trinajstić information content (AvgIpc) is 2.65. The van der Waals surface area contributed by atoms with E-state index in [1.54, 1.807) is 43.3 Å². The first-order valence-corrected chi connectivity index (χ1v) is 10.6. The number of benzene rings is 2. The molecule has 28 heavy (non-hydrogen) atoms. The standard InChI is InChI=1S/C20H26N2O5S/c1-6-18(20(23)21-17-13-14(2)7-12-19(17)27-4)22(28(5,24)25)15-8-10-16(26-3)11-9-15/h7-13,18H,6H2,1-5H3,(H,21,23)/t18-/m0/s1. The van der Waals surface area contributed by atoms with Crippen molar-refractivity contribution in [3.05, 3.63) is 48.0 Å². The number of hydrogen-bond donors (Lipinski definition) is 1. The summed E-state index contributed by atoms with van der Waals surface area (Å²) in [6.07, 6.45) is 1.37. The first-order valence-electron chi connectivity index (χ1n) is 8.80. The molecule has 0 radical (unpaired) electrons. The first kappa shape index (κ1) is 21.6. The van der Waals surface area contributed by atoms with E-state index in [1.807, 2.05) is 13.0 Å². The molecule has 0 fully saturated rings. The van der Waals surface area contributed by atoms with E-state index in [1.165, 1.54) is 14.2 Å². The molecule has 0 aliphatic carbocycles. The molecule has 152 valence electrons. The molecule has 8 heteroatoms. The Hall–Kier alpha value is -2.74. The summed E-state index contributed by atoms with van der Waals surface area (Å²) in [5, 5.41) is 2.80. The van der Waals surface area contributed by atoms with Crippen molar-refractivity contribution in [2.45, 2.75) is 26.3 Å². The molecule has 7 nitrogen and oxygen atoms in total. The summed E-state index contributed by atoms with van der Waals surface area (Å²) in [5.41, 5.74) is 1.83. The number of methoxy groups -OCH3 is 2. The third-order valence-electron chi connectivity index (χ3n) is 4.27. The van der Waals surface area contributed by atoms with Gasteiger partial charge >= 0.3 is 0 Å². The van der Waals surface area contributed by atoms with Crippen LogP contribution in [0.3, 0.4) is 0 Å². The highest BCUT2D eigenvalue weighted by atomic mass is 32.2. The van der Waals surface area contributed by atoms with E-state index in [0.29, 0.717) is 29.3 Å². The lowest BCUT2D eigenvalue weighted by molar-refractivity contribution is -0.117. The zero-order valence-corrected chi connectivity index (χ0v) is 17.5. The number of nitrogens with one attached hydrogen (secondary N) is 1. The Morgan fingerprint density at radius 2 is 1.75 bits per heavy atom. The van der Waals surface area contributed by atoms with Gasteiger partial charge in [0, 0.05) is 0 Å². The first-order chi connectivity index (χ1) is 13.2. The lowest BCUT2D eigenvalue weighted by Crippen LogP contribution is -2.47. The smallest absolute Gasteiger partial charge is 0.248 e. The second-order valence-corrected chi connectivity index (χ2v) is 8.23. The molecular weight excluding hydrogens is 380 g/mol. The molecule has 2 rings (SSSR count). The summed E-state index contributed by atoms with van der Waals surface area (Å²) in [5.74, 6) is 0.663. The molecule has 0 heterocycles. The quantitative estimate of drug-likeness (QED) is 0.728. The molecule has 0 spiro atoms. The zero-order chi connectivity index (χ0) is 20.9. The van der Waals surface area contributed by atoms with Gasteiger partial charge in [-0.15, -0.1) is 0 Å². The van der Waals surface area contributed by atoms with Crippen LogP contribution in [0.15, 0.2) is 42.5 Å². The highest BCUT2D eigenvalue weighted by molar-refractivity contribution is 7.92. The van der Waals surface area contributed by atoms with Crippen molar-refractivity contribution in [2.24, 2.45) is 0 Å². The third kappa shape index (κ3) is 4.95. The number of ether oxygens (including phenoxy) is 2. The van der Waals surface area contributed by atoms with E-state index in [-0.39, 0.29) is 0 Å². The lowest BCUT2D eigenvalue weighted by Gasteiger charge is -2.30. The second kappa shape index (κ2) is 8.97. The van der Waals surface area contributed by atoms with Gasteiger partial charge in [0.1, 0.15) is 17.5 Å². The maximum atomic E-state index is 13.0.